The van der Waals surface area contributed by atoms with Crippen LogP contribution in [-0.2, 0) is 25.7 Å². The molecular weight excluding hydrogens is 526 g/mol. The summed E-state index contributed by atoms with van der Waals surface area (Å²) in [4.78, 5) is 37.0. The van der Waals surface area contributed by atoms with Gasteiger partial charge in [-0.05, 0) is 41.8 Å². The van der Waals surface area contributed by atoms with E-state index in [9.17, 15) is 14.4 Å². The first-order chi connectivity index (χ1) is 17.4. The predicted octanol–water partition coefficient (Wildman–Crippen LogP) is 4.55. The molecule has 0 aliphatic rings. The number of nitrogens with one attached hydrogen (secondary N) is 3. The molecule has 188 valence electrons. The molecule has 3 N–H and O–H groups in total. The largest absolute Gasteiger partial charge is 0.468 e. The minimum atomic E-state index is -0.858. The Kier molecular flexibility index (Phi) is 10.0. The van der Waals surface area contributed by atoms with Crippen LogP contribution in [0.4, 0.5) is 10.5 Å². The molecule has 0 aromatic heterocycles. The number of hydrogen-bond donors (Lipinski definition) is 3. The summed E-state index contributed by atoms with van der Waals surface area (Å²) in [6.45, 7) is 1.64. The van der Waals surface area contributed by atoms with Crippen LogP contribution in [0.15, 0.2) is 83.3 Å². The van der Waals surface area contributed by atoms with Crippen LogP contribution in [0.1, 0.15) is 29.7 Å². The number of alkyl carbamates (subject to hydrolysis) is 1. The zero-order chi connectivity index (χ0) is 25.9. The van der Waals surface area contributed by atoms with Crippen LogP contribution in [0.2, 0.25) is 0 Å². The number of ether oxygens (including phenoxy) is 2. The van der Waals surface area contributed by atoms with Crippen LogP contribution in [-0.4, -0.2) is 37.7 Å². The number of benzene rings is 3. The molecule has 3 aromatic carbocycles. The molecule has 0 aliphatic heterocycles. The maximum absolute atomic E-state index is 12.9. The lowest BCUT2D eigenvalue weighted by molar-refractivity contribution is -0.139. The van der Waals surface area contributed by atoms with Gasteiger partial charge in [0.25, 0.3) is 0 Å². The fourth-order valence-electron chi connectivity index (χ4n) is 3.44. The van der Waals surface area contributed by atoms with Gasteiger partial charge in [0, 0.05) is 10.2 Å². The van der Waals surface area contributed by atoms with Crippen LogP contribution in [0.3, 0.4) is 0 Å². The van der Waals surface area contributed by atoms with Crippen LogP contribution in [0.5, 0.6) is 0 Å². The van der Waals surface area contributed by atoms with Crippen molar-refractivity contribution in [2.24, 2.45) is 0 Å². The SMILES string of the molecule is COC(=O)CN[C@H](c1ccccc1)c1cc(Br)ccc1NC(=O)[C@H](C)NC(=O)OCc1ccccc1. The number of rotatable bonds is 10. The monoisotopic (exact) mass is 553 g/mol. The average molecular weight is 554 g/mol. The standard InChI is InChI=1S/C27H28BrN3O5/c1-18(30-27(34)36-17-19-9-5-3-6-10-19)26(33)31-23-14-13-21(28)15-22(23)25(29-16-24(32)35-2)20-11-7-4-8-12-20/h3-15,18,25,29H,16-17H2,1-2H3,(H,30,34)(H,31,33)/t18-,25+/m0/s1. The van der Waals surface area contributed by atoms with Crippen molar-refractivity contribution < 1.29 is 23.9 Å². The lowest BCUT2D eigenvalue weighted by atomic mass is 9.97. The van der Waals surface area contributed by atoms with Crippen molar-refractivity contribution in [2.45, 2.75) is 25.6 Å². The Morgan fingerprint density at radius 1 is 0.944 bits per heavy atom. The highest BCUT2D eigenvalue weighted by atomic mass is 79.9. The number of halogens is 1. The topological polar surface area (TPSA) is 106 Å². The zero-order valence-corrected chi connectivity index (χ0v) is 21.6. The zero-order valence-electron chi connectivity index (χ0n) is 20.0. The number of amides is 2. The highest BCUT2D eigenvalue weighted by Crippen LogP contribution is 2.31. The van der Waals surface area contributed by atoms with E-state index >= 15 is 0 Å². The fourth-order valence-corrected chi connectivity index (χ4v) is 3.82. The molecule has 2 atom stereocenters. The highest BCUT2D eigenvalue weighted by Gasteiger charge is 2.22. The van der Waals surface area contributed by atoms with Gasteiger partial charge in [-0.1, -0.05) is 76.6 Å². The Morgan fingerprint density at radius 2 is 1.61 bits per heavy atom. The van der Waals surface area contributed by atoms with Gasteiger partial charge < -0.3 is 20.1 Å². The molecule has 8 nitrogen and oxygen atoms in total. The molecule has 36 heavy (non-hydrogen) atoms. The van der Waals surface area contributed by atoms with Gasteiger partial charge >= 0.3 is 12.1 Å². The summed E-state index contributed by atoms with van der Waals surface area (Å²) in [6, 6.07) is 22.9. The third-order valence-corrected chi connectivity index (χ3v) is 5.83. The van der Waals surface area contributed by atoms with Crippen molar-refractivity contribution in [1.82, 2.24) is 10.6 Å². The van der Waals surface area contributed by atoms with E-state index in [1.165, 1.54) is 7.11 Å². The third kappa shape index (κ3) is 7.93. The Labute approximate surface area is 218 Å². The van der Waals surface area contributed by atoms with E-state index < -0.39 is 30.1 Å². The number of esters is 1. The summed E-state index contributed by atoms with van der Waals surface area (Å²) < 4.78 is 10.8. The Bertz CT molecular complexity index is 1170. The molecule has 0 heterocycles. The molecule has 0 saturated heterocycles. The molecule has 2 amide bonds. The smallest absolute Gasteiger partial charge is 0.408 e. The lowest BCUT2D eigenvalue weighted by Gasteiger charge is -2.23. The van der Waals surface area contributed by atoms with E-state index in [1.54, 1.807) is 19.1 Å². The van der Waals surface area contributed by atoms with E-state index in [1.807, 2.05) is 66.7 Å². The molecule has 0 fully saturated rings. The number of methoxy groups -OCH3 is 1. The van der Waals surface area contributed by atoms with E-state index in [4.69, 9.17) is 9.47 Å². The van der Waals surface area contributed by atoms with Gasteiger partial charge in [0.15, 0.2) is 0 Å². The van der Waals surface area contributed by atoms with Gasteiger partial charge in [-0.3, -0.25) is 14.9 Å². The maximum atomic E-state index is 12.9. The van der Waals surface area contributed by atoms with Crippen molar-refractivity contribution in [3.8, 4) is 0 Å². The van der Waals surface area contributed by atoms with E-state index in [0.29, 0.717) is 5.69 Å². The van der Waals surface area contributed by atoms with Crippen LogP contribution < -0.4 is 16.0 Å². The summed E-state index contributed by atoms with van der Waals surface area (Å²) >= 11 is 3.49. The quantitative estimate of drug-likeness (QED) is 0.318. The number of hydrogen-bond acceptors (Lipinski definition) is 6. The van der Waals surface area contributed by atoms with Gasteiger partial charge in [0.2, 0.25) is 5.91 Å². The Hall–Kier alpha value is -3.69. The van der Waals surface area contributed by atoms with E-state index in [2.05, 4.69) is 31.9 Å². The molecule has 0 radical (unpaired) electrons. The minimum Gasteiger partial charge on any atom is -0.468 e. The highest BCUT2D eigenvalue weighted by molar-refractivity contribution is 9.10. The normalized spacial score (nSPS) is 12.2. The van der Waals surface area contributed by atoms with Crippen LogP contribution in [0.25, 0.3) is 0 Å². The van der Waals surface area contributed by atoms with E-state index in [0.717, 1.165) is 21.2 Å². The lowest BCUT2D eigenvalue weighted by Crippen LogP contribution is -2.42. The van der Waals surface area contributed by atoms with Gasteiger partial charge in [-0.2, -0.15) is 0 Å². The molecule has 3 aromatic rings. The number of anilines is 1. The molecule has 0 aliphatic carbocycles. The maximum Gasteiger partial charge on any atom is 0.408 e. The second-order valence-corrected chi connectivity index (χ2v) is 8.86. The second kappa shape index (κ2) is 13.4. The average Bonchev–Trinajstić information content (AvgIpc) is 2.90. The molecule has 0 unspecified atom stereocenters. The molecule has 3 rings (SSSR count). The summed E-state index contributed by atoms with van der Waals surface area (Å²) in [5.74, 6) is -0.835. The molecule has 9 heteroatoms. The first-order valence-electron chi connectivity index (χ1n) is 11.3. The Morgan fingerprint density at radius 3 is 2.28 bits per heavy atom. The summed E-state index contributed by atoms with van der Waals surface area (Å²) in [5, 5.41) is 8.63. The second-order valence-electron chi connectivity index (χ2n) is 7.95. The summed E-state index contributed by atoms with van der Waals surface area (Å²) in [5.41, 5.74) is 2.99. The first-order valence-corrected chi connectivity index (χ1v) is 12.1. The van der Waals surface area contributed by atoms with E-state index in [-0.39, 0.29) is 13.2 Å². The molecule has 0 saturated carbocycles. The third-order valence-electron chi connectivity index (χ3n) is 5.33. The van der Waals surface area contributed by atoms with Crippen molar-refractivity contribution in [1.29, 1.82) is 0 Å². The van der Waals surface area contributed by atoms with Gasteiger partial charge in [0.1, 0.15) is 12.6 Å². The van der Waals surface area contributed by atoms with Crippen molar-refractivity contribution >= 4 is 39.6 Å². The number of carbonyl (C=O) groups is 3. The molecule has 0 spiro atoms. The molecular formula is C27H28BrN3O5. The predicted molar refractivity (Wildman–Crippen MR) is 140 cm³/mol. The Balaban J connectivity index is 1.73. The van der Waals surface area contributed by atoms with Gasteiger partial charge in [0.05, 0.1) is 19.7 Å². The minimum absolute atomic E-state index is 0.0266. The van der Waals surface area contributed by atoms with Crippen LogP contribution >= 0.6 is 15.9 Å². The number of carbonyl (C=O) groups excluding carboxylic acids is 3. The summed E-state index contributed by atoms with van der Waals surface area (Å²) in [7, 11) is 1.32. The first kappa shape index (κ1) is 26.9. The van der Waals surface area contributed by atoms with Crippen molar-refractivity contribution in [3.05, 3.63) is 100 Å². The van der Waals surface area contributed by atoms with Crippen molar-refractivity contribution in [3.63, 3.8) is 0 Å². The van der Waals surface area contributed by atoms with Crippen LogP contribution in [0, 0.1) is 0 Å². The van der Waals surface area contributed by atoms with Gasteiger partial charge in [-0.15, -0.1) is 0 Å². The molecule has 0 bridgehead atoms. The van der Waals surface area contributed by atoms with Gasteiger partial charge in [-0.25, -0.2) is 4.79 Å². The fraction of sp³-hybridized carbons (Fsp3) is 0.222. The van der Waals surface area contributed by atoms with Crippen molar-refractivity contribution in [2.75, 3.05) is 19.0 Å². The summed E-state index contributed by atoms with van der Waals surface area (Å²) in [6.07, 6.45) is -0.695.